The summed E-state index contributed by atoms with van der Waals surface area (Å²) < 4.78 is 1.70. The number of thiophene rings is 2. The number of hydrogen-bond acceptors (Lipinski definition) is 4. The summed E-state index contributed by atoms with van der Waals surface area (Å²) in [5.74, 6) is -0.910. The van der Waals surface area contributed by atoms with Crippen molar-refractivity contribution in [1.82, 2.24) is 0 Å². The molecule has 0 fully saturated rings. The second-order valence-electron chi connectivity index (χ2n) is 9.11. The molecule has 0 amide bonds. The zero-order valence-corrected chi connectivity index (χ0v) is 27.3. The summed E-state index contributed by atoms with van der Waals surface area (Å²) in [6.45, 7) is 5.60. The van der Waals surface area contributed by atoms with Gasteiger partial charge < -0.3 is 0 Å². The summed E-state index contributed by atoms with van der Waals surface area (Å²) in [7, 11) is 0. The van der Waals surface area contributed by atoms with Crippen LogP contribution in [0, 0.1) is 0 Å². The molecule has 0 saturated carbocycles. The molecule has 2 aromatic rings. The highest BCUT2D eigenvalue weighted by Crippen LogP contribution is 2.51. The van der Waals surface area contributed by atoms with Crippen molar-refractivity contribution < 1.29 is 9.59 Å². The van der Waals surface area contributed by atoms with E-state index in [0.29, 0.717) is 16.7 Å². The zero-order valence-electron chi connectivity index (χ0n) is 22.5. The molecule has 0 atom stereocenters. The molecule has 0 radical (unpaired) electrons. The van der Waals surface area contributed by atoms with Crippen LogP contribution in [0.4, 0.5) is 0 Å². The van der Waals surface area contributed by atoms with Crippen molar-refractivity contribution in [3.05, 3.63) is 93.7 Å². The van der Waals surface area contributed by atoms with E-state index in [1.165, 1.54) is 74.0 Å². The van der Waals surface area contributed by atoms with Crippen LogP contribution in [-0.4, -0.2) is 11.6 Å². The molecular formula is C34H28Br2O2S2. The van der Waals surface area contributed by atoms with Gasteiger partial charge in [-0.3, -0.25) is 9.59 Å². The first-order valence-electron chi connectivity index (χ1n) is 13.3. The highest BCUT2D eigenvalue weighted by Gasteiger charge is 2.38. The van der Waals surface area contributed by atoms with E-state index in [4.69, 9.17) is 0 Å². The van der Waals surface area contributed by atoms with Crippen molar-refractivity contribution >= 4 is 72.2 Å². The molecule has 1 aliphatic carbocycles. The van der Waals surface area contributed by atoms with E-state index >= 15 is 0 Å². The van der Waals surface area contributed by atoms with Gasteiger partial charge in [-0.1, -0.05) is 76.2 Å². The maximum Gasteiger partial charge on any atom is 0.235 e. The maximum absolute atomic E-state index is 13.3. The van der Waals surface area contributed by atoms with Crippen LogP contribution in [-0.2, 0) is 6.42 Å². The van der Waals surface area contributed by atoms with E-state index < -0.39 is 11.6 Å². The number of ketones is 2. The minimum atomic E-state index is -0.479. The van der Waals surface area contributed by atoms with Gasteiger partial charge in [0.2, 0.25) is 11.6 Å². The molecule has 0 spiro atoms. The number of rotatable bonds is 12. The van der Waals surface area contributed by atoms with E-state index in [1.807, 2.05) is 0 Å². The van der Waals surface area contributed by atoms with E-state index in [-0.39, 0.29) is 0 Å². The number of Topliss-reactive ketones (excluding diaryl/α,β-unsaturated/α-hetero) is 2. The standard InChI is InChI=1S/C34H28Br2O2S2/c1-3-5-7-9-11-13-15-17-19-21-23-25-27-29(37)30(38)28-26(34(36)40-32(28)31(27)39-33(25)35)24-22-20-18-16-14-12-10-8-6-4-2/h23H,1,4,6,8,10,12,14,16,18,20,22,24H2,2H3. The van der Waals surface area contributed by atoms with Crippen molar-refractivity contribution in [3.63, 3.8) is 0 Å². The highest BCUT2D eigenvalue weighted by atomic mass is 79.9. The minimum absolute atomic E-state index is 0.414. The van der Waals surface area contributed by atoms with Gasteiger partial charge in [0.1, 0.15) is 0 Å². The molecule has 0 aromatic carbocycles. The van der Waals surface area contributed by atoms with Crippen molar-refractivity contribution in [3.8, 4) is 9.75 Å². The maximum atomic E-state index is 13.3. The third-order valence-corrected chi connectivity index (χ3v) is 10.4. The Morgan fingerprint density at radius 2 is 1.18 bits per heavy atom. The molecule has 2 nitrogen and oxygen atoms in total. The smallest absolute Gasteiger partial charge is 0.235 e. The average molecular weight is 693 g/mol. The van der Waals surface area contributed by atoms with Crippen LogP contribution in [0.25, 0.3) is 15.8 Å². The van der Waals surface area contributed by atoms with Gasteiger partial charge in [0.05, 0.1) is 22.9 Å². The molecule has 202 valence electrons. The monoisotopic (exact) mass is 690 g/mol. The highest BCUT2D eigenvalue weighted by molar-refractivity contribution is 9.11. The number of unbranched alkanes of at least 4 members (excludes halogenated alkanes) is 9. The second-order valence-corrected chi connectivity index (χ2v) is 13.8. The van der Waals surface area contributed by atoms with Crippen LogP contribution in [0.1, 0.15) is 103 Å². The summed E-state index contributed by atoms with van der Waals surface area (Å²) >= 11 is 10.3. The number of carbonyl (C=O) groups excluding carboxylic acids is 2. The van der Waals surface area contributed by atoms with Gasteiger partial charge in [0, 0.05) is 11.1 Å². The summed E-state index contributed by atoms with van der Waals surface area (Å²) in [5, 5.41) is 0. The fourth-order valence-corrected chi connectivity index (χ4v) is 8.28. The molecule has 6 heteroatoms. The van der Waals surface area contributed by atoms with Crippen LogP contribution in [0.5, 0.6) is 0 Å². The lowest BCUT2D eigenvalue weighted by Gasteiger charge is -2.12. The largest absolute Gasteiger partial charge is 0.285 e. The predicted molar refractivity (Wildman–Crippen MR) is 172 cm³/mol. The van der Waals surface area contributed by atoms with Gasteiger partial charge in [-0.05, 0) is 109 Å². The number of halogens is 2. The van der Waals surface area contributed by atoms with E-state index in [0.717, 1.165) is 42.2 Å². The van der Waals surface area contributed by atoms with Gasteiger partial charge in [0.15, 0.2) is 0 Å². The van der Waals surface area contributed by atoms with Crippen LogP contribution in [0.15, 0.2) is 71.5 Å². The molecule has 0 bridgehead atoms. The molecule has 3 rings (SSSR count). The Bertz CT molecular complexity index is 1670. The Balaban J connectivity index is 1.78. The zero-order chi connectivity index (χ0) is 28.7. The van der Waals surface area contributed by atoms with Gasteiger partial charge in [-0.15, -0.1) is 22.7 Å². The van der Waals surface area contributed by atoms with Crippen molar-refractivity contribution in [2.45, 2.75) is 77.6 Å². The SMILES string of the molecule is C=C=C=C=C=C=C=C=C=C=C=Cc1c(Br)sc2c1C(=O)C(=O)c1c-2sc(Br)c1CCCCCCCCCCCC. The summed E-state index contributed by atoms with van der Waals surface area (Å²) in [6.07, 6.45) is 15.0. The first kappa shape index (κ1) is 31.8. The van der Waals surface area contributed by atoms with Crippen LogP contribution < -0.4 is 0 Å². The third kappa shape index (κ3) is 8.62. The lowest BCUT2D eigenvalue weighted by atomic mass is 9.89. The van der Waals surface area contributed by atoms with Crippen molar-refractivity contribution in [2.24, 2.45) is 0 Å². The number of hydrogen-bond donors (Lipinski definition) is 0. The lowest BCUT2D eigenvalue weighted by molar-refractivity contribution is 0.0815. The van der Waals surface area contributed by atoms with E-state index in [2.05, 4.69) is 103 Å². The van der Waals surface area contributed by atoms with E-state index in [1.54, 1.807) is 6.08 Å². The van der Waals surface area contributed by atoms with Crippen molar-refractivity contribution in [1.29, 1.82) is 0 Å². The molecule has 0 unspecified atom stereocenters. The molecule has 0 saturated heterocycles. The molecule has 1 aliphatic rings. The molecule has 2 aromatic heterocycles. The van der Waals surface area contributed by atoms with Gasteiger partial charge in [0.25, 0.3) is 0 Å². The molecule has 0 aliphatic heterocycles. The first-order chi connectivity index (χ1) is 19.5. The van der Waals surface area contributed by atoms with Crippen molar-refractivity contribution in [2.75, 3.05) is 0 Å². The number of fused-ring (bicyclic) bond motifs is 3. The molecule has 2 heterocycles. The molecule has 0 N–H and O–H groups in total. The Morgan fingerprint density at radius 1 is 0.675 bits per heavy atom. The van der Waals surface area contributed by atoms with E-state index in [9.17, 15) is 9.59 Å². The quantitative estimate of drug-likeness (QED) is 0.126. The fraction of sp³-hybridized carbons (Fsp3) is 0.353. The fourth-order valence-electron chi connectivity index (χ4n) is 4.38. The van der Waals surface area contributed by atoms with Crippen LogP contribution in [0.2, 0.25) is 0 Å². The van der Waals surface area contributed by atoms with Crippen LogP contribution >= 0.6 is 54.5 Å². The molecule has 40 heavy (non-hydrogen) atoms. The number of carbonyl (C=O) groups is 2. The van der Waals surface area contributed by atoms with Gasteiger partial charge >= 0.3 is 0 Å². The predicted octanol–water partition coefficient (Wildman–Crippen LogP) is 11.0. The summed E-state index contributed by atoms with van der Waals surface area (Å²) in [6, 6.07) is 0. The lowest BCUT2D eigenvalue weighted by Crippen LogP contribution is -2.21. The van der Waals surface area contributed by atoms with Gasteiger partial charge in [-0.2, -0.15) is 0 Å². The van der Waals surface area contributed by atoms with Gasteiger partial charge in [-0.25, -0.2) is 0 Å². The summed E-state index contributed by atoms with van der Waals surface area (Å²) in [4.78, 5) is 28.3. The summed E-state index contributed by atoms with van der Waals surface area (Å²) in [5.41, 5.74) is 28.4. The Kier molecular flexibility index (Phi) is 13.6. The first-order valence-corrected chi connectivity index (χ1v) is 16.6. The van der Waals surface area contributed by atoms with Crippen LogP contribution in [0.3, 0.4) is 0 Å². The normalized spacial score (nSPS) is 10.7. The topological polar surface area (TPSA) is 34.1 Å². The Morgan fingerprint density at radius 3 is 1.80 bits per heavy atom. The third-order valence-electron chi connectivity index (χ3n) is 6.32. The molecular weight excluding hydrogens is 664 g/mol. The minimum Gasteiger partial charge on any atom is -0.285 e. The average Bonchev–Trinajstić information content (AvgIpc) is 3.45. The Hall–Kier alpha value is -2.76. The second kappa shape index (κ2) is 17.1. The Labute approximate surface area is 261 Å².